The third-order valence-corrected chi connectivity index (χ3v) is 5.90. The molecule has 2 aliphatic heterocycles. The van der Waals surface area contributed by atoms with Crippen molar-refractivity contribution in [3.05, 3.63) is 35.4 Å². The minimum atomic E-state index is 0.105. The van der Waals surface area contributed by atoms with E-state index in [-0.39, 0.29) is 6.10 Å². The normalized spacial score (nSPS) is 23.6. The molecular formula is C22H37N5O. The monoisotopic (exact) mass is 387 g/mol. The van der Waals surface area contributed by atoms with E-state index in [9.17, 15) is 0 Å². The SMILES string of the molecule is CCNC(=NCC(C)N1CCN(C)CC1)N1CCOC(c2ccccc2C)C1. The third-order valence-electron chi connectivity index (χ3n) is 5.90. The first-order valence-corrected chi connectivity index (χ1v) is 10.7. The molecule has 6 heteroatoms. The molecule has 2 aliphatic rings. The van der Waals surface area contributed by atoms with E-state index in [4.69, 9.17) is 9.73 Å². The second-order valence-corrected chi connectivity index (χ2v) is 8.04. The summed E-state index contributed by atoms with van der Waals surface area (Å²) in [4.78, 5) is 12.3. The number of piperazine rings is 1. The van der Waals surface area contributed by atoms with Crippen molar-refractivity contribution in [3.63, 3.8) is 0 Å². The molecule has 3 rings (SSSR count). The molecule has 1 N–H and O–H groups in total. The fourth-order valence-electron chi connectivity index (χ4n) is 4.00. The topological polar surface area (TPSA) is 43.3 Å². The first kappa shape index (κ1) is 21.1. The fourth-order valence-corrected chi connectivity index (χ4v) is 4.00. The fraction of sp³-hybridized carbons (Fsp3) is 0.682. The van der Waals surface area contributed by atoms with Crippen molar-refractivity contribution >= 4 is 5.96 Å². The Morgan fingerprint density at radius 3 is 2.68 bits per heavy atom. The number of hydrogen-bond donors (Lipinski definition) is 1. The Hall–Kier alpha value is -1.63. The van der Waals surface area contributed by atoms with Gasteiger partial charge in [0.1, 0.15) is 6.10 Å². The molecule has 156 valence electrons. The van der Waals surface area contributed by atoms with E-state index in [1.165, 1.54) is 11.1 Å². The molecule has 28 heavy (non-hydrogen) atoms. The summed E-state index contributed by atoms with van der Waals surface area (Å²) in [7, 11) is 2.20. The largest absolute Gasteiger partial charge is 0.370 e. The maximum atomic E-state index is 6.10. The lowest BCUT2D eigenvalue weighted by Crippen LogP contribution is -2.50. The molecule has 1 aromatic rings. The van der Waals surface area contributed by atoms with Gasteiger partial charge in [-0.05, 0) is 38.9 Å². The number of morpholine rings is 1. The van der Waals surface area contributed by atoms with Gasteiger partial charge in [0.25, 0.3) is 0 Å². The lowest BCUT2D eigenvalue weighted by molar-refractivity contribution is -0.00837. The van der Waals surface area contributed by atoms with Crippen molar-refractivity contribution in [2.45, 2.75) is 32.9 Å². The predicted molar refractivity (Wildman–Crippen MR) is 116 cm³/mol. The maximum Gasteiger partial charge on any atom is 0.194 e. The van der Waals surface area contributed by atoms with Crippen LogP contribution in [-0.4, -0.2) is 92.7 Å². The summed E-state index contributed by atoms with van der Waals surface area (Å²) in [6.45, 7) is 15.3. The number of rotatable bonds is 5. The third kappa shape index (κ3) is 5.46. The summed E-state index contributed by atoms with van der Waals surface area (Å²) in [5, 5.41) is 3.50. The second-order valence-electron chi connectivity index (χ2n) is 8.04. The minimum absolute atomic E-state index is 0.105. The molecule has 0 amide bonds. The van der Waals surface area contributed by atoms with Gasteiger partial charge in [0.15, 0.2) is 5.96 Å². The van der Waals surface area contributed by atoms with Gasteiger partial charge in [-0.1, -0.05) is 24.3 Å². The molecule has 2 atom stereocenters. The quantitative estimate of drug-likeness (QED) is 0.618. The van der Waals surface area contributed by atoms with Crippen LogP contribution in [0.3, 0.4) is 0 Å². The van der Waals surface area contributed by atoms with Crippen molar-refractivity contribution < 1.29 is 4.74 Å². The summed E-state index contributed by atoms with van der Waals surface area (Å²) in [6.07, 6.45) is 0.105. The number of benzene rings is 1. The highest BCUT2D eigenvalue weighted by molar-refractivity contribution is 5.80. The van der Waals surface area contributed by atoms with Crippen molar-refractivity contribution in [1.29, 1.82) is 0 Å². The van der Waals surface area contributed by atoms with Crippen molar-refractivity contribution in [2.75, 3.05) is 66.0 Å². The van der Waals surface area contributed by atoms with Crippen LogP contribution in [0.1, 0.15) is 31.1 Å². The summed E-state index contributed by atoms with van der Waals surface area (Å²) in [6, 6.07) is 9.00. The molecule has 0 radical (unpaired) electrons. The Morgan fingerprint density at radius 1 is 1.21 bits per heavy atom. The molecule has 0 saturated carbocycles. The van der Waals surface area contributed by atoms with Gasteiger partial charge in [0, 0.05) is 45.3 Å². The molecule has 0 aromatic heterocycles. The van der Waals surface area contributed by atoms with Crippen LogP contribution in [0.4, 0.5) is 0 Å². The number of nitrogens with one attached hydrogen (secondary N) is 1. The first-order chi connectivity index (χ1) is 13.6. The Kier molecular flexibility index (Phi) is 7.71. The Bertz CT molecular complexity index is 642. The van der Waals surface area contributed by atoms with Crippen LogP contribution in [0.25, 0.3) is 0 Å². The van der Waals surface area contributed by atoms with Crippen LogP contribution >= 0.6 is 0 Å². The average Bonchev–Trinajstić information content (AvgIpc) is 2.72. The Morgan fingerprint density at radius 2 is 1.96 bits per heavy atom. The van der Waals surface area contributed by atoms with Crippen LogP contribution in [0.15, 0.2) is 29.3 Å². The molecule has 2 fully saturated rings. The molecule has 0 bridgehead atoms. The molecule has 6 nitrogen and oxygen atoms in total. The molecule has 0 aliphatic carbocycles. The highest BCUT2D eigenvalue weighted by Crippen LogP contribution is 2.25. The molecule has 2 heterocycles. The van der Waals surface area contributed by atoms with Gasteiger partial charge in [0.05, 0.1) is 19.7 Å². The predicted octanol–water partition coefficient (Wildman–Crippen LogP) is 1.97. The van der Waals surface area contributed by atoms with Crippen LogP contribution in [-0.2, 0) is 4.74 Å². The van der Waals surface area contributed by atoms with Crippen LogP contribution in [0, 0.1) is 6.92 Å². The van der Waals surface area contributed by atoms with Gasteiger partial charge < -0.3 is 19.9 Å². The van der Waals surface area contributed by atoms with Crippen LogP contribution < -0.4 is 5.32 Å². The van der Waals surface area contributed by atoms with Crippen LogP contribution in [0.5, 0.6) is 0 Å². The van der Waals surface area contributed by atoms with E-state index in [1.807, 2.05) is 0 Å². The highest BCUT2D eigenvalue weighted by atomic mass is 16.5. The lowest BCUT2D eigenvalue weighted by atomic mass is 10.0. The molecular weight excluding hydrogens is 350 g/mol. The number of likely N-dealkylation sites (N-methyl/N-ethyl adjacent to an activating group) is 1. The summed E-state index contributed by atoms with van der Waals surface area (Å²) < 4.78 is 6.10. The average molecular weight is 388 g/mol. The number of ether oxygens (including phenoxy) is 1. The van der Waals surface area contributed by atoms with E-state index in [0.717, 1.165) is 64.9 Å². The van der Waals surface area contributed by atoms with E-state index < -0.39 is 0 Å². The highest BCUT2D eigenvalue weighted by Gasteiger charge is 2.25. The van der Waals surface area contributed by atoms with Gasteiger partial charge in [-0.25, -0.2) is 0 Å². The molecule has 2 unspecified atom stereocenters. The van der Waals surface area contributed by atoms with Gasteiger partial charge in [-0.15, -0.1) is 0 Å². The lowest BCUT2D eigenvalue weighted by Gasteiger charge is -2.37. The molecule has 1 aromatic carbocycles. The number of nitrogens with zero attached hydrogens (tertiary/aromatic N) is 4. The van der Waals surface area contributed by atoms with Gasteiger partial charge in [-0.3, -0.25) is 9.89 Å². The van der Waals surface area contributed by atoms with Crippen molar-refractivity contribution in [2.24, 2.45) is 4.99 Å². The van der Waals surface area contributed by atoms with Gasteiger partial charge >= 0.3 is 0 Å². The second kappa shape index (κ2) is 10.2. The zero-order valence-electron chi connectivity index (χ0n) is 18.0. The maximum absolute atomic E-state index is 6.10. The van der Waals surface area contributed by atoms with E-state index in [2.05, 4.69) is 72.1 Å². The van der Waals surface area contributed by atoms with Crippen molar-refractivity contribution in [3.8, 4) is 0 Å². The minimum Gasteiger partial charge on any atom is -0.370 e. The Balaban J connectivity index is 1.63. The molecule has 0 spiro atoms. The van der Waals surface area contributed by atoms with E-state index in [1.54, 1.807) is 0 Å². The zero-order valence-corrected chi connectivity index (χ0v) is 18.0. The number of aryl methyl sites for hydroxylation is 1. The smallest absolute Gasteiger partial charge is 0.194 e. The number of aliphatic imine (C=N–C) groups is 1. The summed E-state index contributed by atoms with van der Waals surface area (Å²) in [5.74, 6) is 1.02. The Labute approximate surface area is 170 Å². The van der Waals surface area contributed by atoms with Gasteiger partial charge in [-0.2, -0.15) is 0 Å². The number of hydrogen-bond acceptors (Lipinski definition) is 4. The van der Waals surface area contributed by atoms with Crippen LogP contribution in [0.2, 0.25) is 0 Å². The first-order valence-electron chi connectivity index (χ1n) is 10.7. The van der Waals surface area contributed by atoms with Crippen molar-refractivity contribution in [1.82, 2.24) is 20.0 Å². The number of guanidine groups is 1. The summed E-state index contributed by atoms with van der Waals surface area (Å²) >= 11 is 0. The molecule has 2 saturated heterocycles. The standard InChI is InChI=1S/C22H37N5O/c1-5-23-22(24-16-19(3)26-12-10-25(4)11-13-26)27-14-15-28-21(17-27)20-9-7-6-8-18(20)2/h6-9,19,21H,5,10-17H2,1-4H3,(H,23,24). The summed E-state index contributed by atoms with van der Waals surface area (Å²) in [5.41, 5.74) is 2.58. The zero-order chi connectivity index (χ0) is 19.9. The van der Waals surface area contributed by atoms with E-state index in [0.29, 0.717) is 6.04 Å². The van der Waals surface area contributed by atoms with Gasteiger partial charge in [0.2, 0.25) is 0 Å². The van der Waals surface area contributed by atoms with E-state index >= 15 is 0 Å².